The van der Waals surface area contributed by atoms with Gasteiger partial charge in [0.05, 0.1) is 13.2 Å². The Morgan fingerprint density at radius 1 is 1.50 bits per heavy atom. The summed E-state index contributed by atoms with van der Waals surface area (Å²) in [5.74, 6) is 0.898. The molecule has 1 aromatic carbocycles. The first-order chi connectivity index (χ1) is 9.51. The molecule has 0 N–H and O–H groups in total. The molecule has 5 heteroatoms. The summed E-state index contributed by atoms with van der Waals surface area (Å²) < 4.78 is 5.22. The molecule has 0 aliphatic carbocycles. The quantitative estimate of drug-likeness (QED) is 0.856. The number of nitrogens with zero attached hydrogens (tertiary/aromatic N) is 1. The van der Waals surface area contributed by atoms with Crippen LogP contribution in [-0.2, 0) is 9.59 Å². The third-order valence-corrected chi connectivity index (χ3v) is 4.48. The van der Waals surface area contributed by atoms with Crippen LogP contribution in [0.5, 0.6) is 5.75 Å². The van der Waals surface area contributed by atoms with Crippen molar-refractivity contribution in [2.24, 2.45) is 0 Å². The Hall–Kier alpha value is -1.49. The highest BCUT2D eigenvalue weighted by Gasteiger charge is 2.34. The molecule has 1 aliphatic rings. The number of benzene rings is 1. The average Bonchev–Trinajstić information content (AvgIpc) is 2.77. The van der Waals surface area contributed by atoms with Crippen molar-refractivity contribution >= 4 is 22.8 Å². The molecule has 0 aromatic heterocycles. The van der Waals surface area contributed by atoms with Crippen LogP contribution < -0.4 is 4.74 Å². The summed E-state index contributed by atoms with van der Waals surface area (Å²) >= 11 is 1.26. The van der Waals surface area contributed by atoms with Gasteiger partial charge in [0.1, 0.15) is 5.75 Å². The van der Waals surface area contributed by atoms with Gasteiger partial charge in [0, 0.05) is 25.1 Å². The molecule has 20 heavy (non-hydrogen) atoms. The summed E-state index contributed by atoms with van der Waals surface area (Å²) in [5, 5.41) is 0.145. The van der Waals surface area contributed by atoms with E-state index in [1.54, 1.807) is 14.0 Å². The lowest BCUT2D eigenvalue weighted by molar-refractivity contribution is -0.129. The van der Waals surface area contributed by atoms with Crippen LogP contribution in [0.25, 0.3) is 0 Å². The van der Waals surface area contributed by atoms with Crippen LogP contribution in [-0.4, -0.2) is 34.8 Å². The molecule has 1 amide bonds. The number of methoxy groups -OCH3 is 1. The second-order valence-corrected chi connectivity index (χ2v) is 6.41. The summed E-state index contributed by atoms with van der Waals surface area (Å²) in [6.07, 6.45) is 0.443. The van der Waals surface area contributed by atoms with Crippen molar-refractivity contribution in [3.8, 4) is 5.75 Å². The minimum absolute atomic E-state index is 0.00448. The van der Waals surface area contributed by atoms with Gasteiger partial charge in [-0.3, -0.25) is 9.59 Å². The van der Waals surface area contributed by atoms with E-state index in [0.717, 1.165) is 11.3 Å². The molecule has 2 atom stereocenters. The summed E-state index contributed by atoms with van der Waals surface area (Å²) in [5.41, 5.74) is 1.05. The first kappa shape index (κ1) is 14.9. The number of amides is 1. The number of hydrogen-bond acceptors (Lipinski definition) is 4. The van der Waals surface area contributed by atoms with E-state index in [1.807, 2.05) is 36.1 Å². The fourth-order valence-corrected chi connectivity index (χ4v) is 3.40. The number of likely N-dealkylation sites (tertiary alicyclic amines) is 1. The molecule has 108 valence electrons. The lowest BCUT2D eigenvalue weighted by atomic mass is 10.1. The molecule has 2 rings (SSSR count). The molecule has 1 fully saturated rings. The van der Waals surface area contributed by atoms with Crippen LogP contribution in [0.15, 0.2) is 24.3 Å². The van der Waals surface area contributed by atoms with Crippen molar-refractivity contribution in [1.29, 1.82) is 0 Å². The predicted molar refractivity (Wildman–Crippen MR) is 79.8 cm³/mol. The van der Waals surface area contributed by atoms with E-state index in [9.17, 15) is 9.59 Å². The molecule has 1 aliphatic heterocycles. The summed E-state index contributed by atoms with van der Waals surface area (Å²) in [6, 6.07) is 7.74. The molecule has 0 bridgehead atoms. The van der Waals surface area contributed by atoms with Crippen molar-refractivity contribution in [3.63, 3.8) is 0 Å². The van der Waals surface area contributed by atoms with E-state index in [0.29, 0.717) is 13.0 Å². The Kier molecular flexibility index (Phi) is 4.70. The second kappa shape index (κ2) is 6.31. The fraction of sp³-hybridized carbons (Fsp3) is 0.467. The number of thioether (sulfide) groups is 1. The standard InChI is InChI=1S/C15H19NO3S/c1-10(12-5-4-6-13(7-12)19-3)16-9-14(8-15(16)18)20-11(2)17/h4-7,10,14H,8-9H2,1-3H3. The van der Waals surface area contributed by atoms with Crippen molar-refractivity contribution in [1.82, 2.24) is 4.90 Å². The molecule has 0 spiro atoms. The number of rotatable bonds is 4. The lowest BCUT2D eigenvalue weighted by Crippen LogP contribution is -2.28. The fourth-order valence-electron chi connectivity index (χ4n) is 2.47. The predicted octanol–water partition coefficient (Wildman–Crippen LogP) is 2.64. The van der Waals surface area contributed by atoms with Crippen molar-refractivity contribution in [2.75, 3.05) is 13.7 Å². The number of carbonyl (C=O) groups is 2. The zero-order valence-electron chi connectivity index (χ0n) is 12.0. The van der Waals surface area contributed by atoms with Gasteiger partial charge < -0.3 is 9.64 Å². The summed E-state index contributed by atoms with van der Waals surface area (Å²) in [7, 11) is 1.63. The van der Waals surface area contributed by atoms with Crippen LogP contribution in [0.1, 0.15) is 31.9 Å². The van der Waals surface area contributed by atoms with E-state index in [4.69, 9.17) is 4.74 Å². The molecule has 1 aromatic rings. The Bertz CT molecular complexity index is 518. The first-order valence-corrected chi connectivity index (χ1v) is 7.50. The Morgan fingerprint density at radius 3 is 2.90 bits per heavy atom. The minimum Gasteiger partial charge on any atom is -0.497 e. The van der Waals surface area contributed by atoms with E-state index in [1.165, 1.54) is 11.8 Å². The van der Waals surface area contributed by atoms with E-state index < -0.39 is 0 Å². The Balaban J connectivity index is 2.10. The van der Waals surface area contributed by atoms with Gasteiger partial charge in [-0.05, 0) is 24.6 Å². The maximum absolute atomic E-state index is 12.1. The van der Waals surface area contributed by atoms with Crippen LogP contribution in [0.3, 0.4) is 0 Å². The maximum Gasteiger partial charge on any atom is 0.224 e. The summed E-state index contributed by atoms with van der Waals surface area (Å²) in [6.45, 7) is 4.18. The van der Waals surface area contributed by atoms with Crippen LogP contribution in [0, 0.1) is 0 Å². The largest absolute Gasteiger partial charge is 0.497 e. The van der Waals surface area contributed by atoms with E-state index in [-0.39, 0.29) is 22.3 Å². The first-order valence-electron chi connectivity index (χ1n) is 6.62. The maximum atomic E-state index is 12.1. The molecule has 1 heterocycles. The highest BCUT2D eigenvalue weighted by molar-refractivity contribution is 8.14. The number of carbonyl (C=O) groups excluding carboxylic acids is 2. The molecule has 2 unspecified atom stereocenters. The molecule has 4 nitrogen and oxygen atoms in total. The third kappa shape index (κ3) is 3.33. The van der Waals surface area contributed by atoms with Crippen LogP contribution in [0.2, 0.25) is 0 Å². The van der Waals surface area contributed by atoms with Crippen LogP contribution >= 0.6 is 11.8 Å². The molecule has 0 saturated carbocycles. The van der Waals surface area contributed by atoms with Gasteiger partial charge in [-0.15, -0.1) is 0 Å². The Morgan fingerprint density at radius 2 is 2.25 bits per heavy atom. The smallest absolute Gasteiger partial charge is 0.224 e. The monoisotopic (exact) mass is 293 g/mol. The van der Waals surface area contributed by atoms with Crippen LogP contribution in [0.4, 0.5) is 0 Å². The minimum atomic E-state index is -0.00448. The van der Waals surface area contributed by atoms with Gasteiger partial charge in [0.15, 0.2) is 5.12 Å². The highest BCUT2D eigenvalue weighted by atomic mass is 32.2. The Labute approximate surface area is 123 Å². The van der Waals surface area contributed by atoms with Gasteiger partial charge in [-0.2, -0.15) is 0 Å². The second-order valence-electron chi connectivity index (χ2n) is 4.93. The normalized spacial score (nSPS) is 20.1. The molecular weight excluding hydrogens is 274 g/mol. The summed E-state index contributed by atoms with van der Waals surface area (Å²) in [4.78, 5) is 25.1. The third-order valence-electron chi connectivity index (χ3n) is 3.50. The van der Waals surface area contributed by atoms with Gasteiger partial charge >= 0.3 is 0 Å². The topological polar surface area (TPSA) is 46.6 Å². The lowest BCUT2D eigenvalue weighted by Gasteiger charge is -2.25. The molecular formula is C15H19NO3S. The number of ether oxygens (including phenoxy) is 1. The van der Waals surface area contributed by atoms with Crippen molar-refractivity contribution in [3.05, 3.63) is 29.8 Å². The van der Waals surface area contributed by atoms with Gasteiger partial charge in [0.25, 0.3) is 0 Å². The zero-order chi connectivity index (χ0) is 14.7. The zero-order valence-corrected chi connectivity index (χ0v) is 12.8. The number of hydrogen-bond donors (Lipinski definition) is 0. The van der Waals surface area contributed by atoms with Gasteiger partial charge in [-0.1, -0.05) is 23.9 Å². The van der Waals surface area contributed by atoms with E-state index >= 15 is 0 Å². The highest BCUT2D eigenvalue weighted by Crippen LogP contribution is 2.32. The van der Waals surface area contributed by atoms with E-state index in [2.05, 4.69) is 0 Å². The van der Waals surface area contributed by atoms with Crippen molar-refractivity contribution < 1.29 is 14.3 Å². The SMILES string of the molecule is COc1cccc(C(C)N2CC(SC(C)=O)CC2=O)c1. The average molecular weight is 293 g/mol. The molecule has 1 saturated heterocycles. The van der Waals surface area contributed by atoms with Crippen molar-refractivity contribution in [2.45, 2.75) is 31.6 Å². The van der Waals surface area contributed by atoms with Gasteiger partial charge in [-0.25, -0.2) is 0 Å². The van der Waals surface area contributed by atoms with Gasteiger partial charge in [0.2, 0.25) is 5.91 Å². The molecule has 0 radical (unpaired) electrons.